The number of thiol groups is 1. The second kappa shape index (κ2) is 11.5. The molecule has 0 amide bonds. The van der Waals surface area contributed by atoms with Crippen molar-refractivity contribution in [3.05, 3.63) is 70.1 Å². The molecule has 8 heteroatoms. The molecule has 0 radical (unpaired) electrons. The van der Waals surface area contributed by atoms with Crippen molar-refractivity contribution in [2.45, 2.75) is 39.2 Å². The van der Waals surface area contributed by atoms with Crippen molar-refractivity contribution in [3.8, 4) is 0 Å². The van der Waals surface area contributed by atoms with E-state index in [1.54, 1.807) is 14.2 Å². The van der Waals surface area contributed by atoms with E-state index in [1.807, 2.05) is 6.08 Å². The molecule has 2 aliphatic carbocycles. The van der Waals surface area contributed by atoms with Gasteiger partial charge in [0.25, 0.3) is 5.84 Å². The molecule has 1 aromatic carbocycles. The van der Waals surface area contributed by atoms with E-state index >= 15 is 0 Å². The number of carbonyl (C=O) groups excluding carboxylic acids is 1. The number of hydrogen-bond acceptors (Lipinski definition) is 7. The molecule has 7 nitrogen and oxygen atoms in total. The van der Waals surface area contributed by atoms with Gasteiger partial charge in [-0.25, -0.2) is 4.58 Å². The Hall–Kier alpha value is -2.81. The Kier molecular flexibility index (Phi) is 8.12. The lowest BCUT2D eigenvalue weighted by Gasteiger charge is -2.27. The highest BCUT2D eigenvalue weighted by Crippen LogP contribution is 2.44. The molecule has 2 heterocycles. The van der Waals surface area contributed by atoms with E-state index in [0.717, 1.165) is 60.4 Å². The summed E-state index contributed by atoms with van der Waals surface area (Å²) in [7, 11) is 3.45. The van der Waals surface area contributed by atoms with E-state index in [1.165, 1.54) is 12.1 Å². The third kappa shape index (κ3) is 4.52. The maximum atomic E-state index is 13.6. The summed E-state index contributed by atoms with van der Waals surface area (Å²) in [5.41, 5.74) is 4.96. The summed E-state index contributed by atoms with van der Waals surface area (Å²) in [5.74, 6) is 2.11. The SMILES string of the molecule is CCN1/C(=C/C2=C(S)C(=C\C3=[N+](CCOC)C4=CCCCC4N3CC)/C2=O)N(CCOC)c2ccccc21. The number of nitrogens with zero attached hydrogens (tertiary/aromatic N) is 4. The molecular weight excluding hydrogens is 496 g/mol. The van der Waals surface area contributed by atoms with Crippen molar-refractivity contribution in [2.24, 2.45) is 0 Å². The highest BCUT2D eigenvalue weighted by molar-refractivity contribution is 7.85. The van der Waals surface area contributed by atoms with Crippen molar-refractivity contribution >= 4 is 35.6 Å². The van der Waals surface area contributed by atoms with Crippen LogP contribution in [0, 0.1) is 0 Å². The lowest BCUT2D eigenvalue weighted by Crippen LogP contribution is -2.36. The minimum Gasteiger partial charge on any atom is -0.383 e. The molecule has 0 bridgehead atoms. The van der Waals surface area contributed by atoms with E-state index in [4.69, 9.17) is 22.1 Å². The standard InChI is InChI=1S/C30H38N4O3S/c1-5-31-23-11-7-9-13-25(23)33(15-17-36-3)27(31)19-21-29(35)22(30(21)38)20-28-32(6-2)24-12-8-10-14-26(24)34(28)16-18-37-4/h7,9,11,13-14,19-20,24H,5-6,8,10,12,15-18H2,1-4H3/p+1. The van der Waals surface area contributed by atoms with Gasteiger partial charge in [-0.3, -0.25) is 9.69 Å². The summed E-state index contributed by atoms with van der Waals surface area (Å²) >= 11 is 4.86. The number of benzene rings is 1. The Bertz CT molecular complexity index is 1260. The number of likely N-dealkylation sites (N-methyl/N-ethyl adjacent to an activating group) is 1. The quantitative estimate of drug-likeness (QED) is 0.273. The molecule has 0 saturated carbocycles. The zero-order valence-electron chi connectivity index (χ0n) is 22.9. The molecule has 38 heavy (non-hydrogen) atoms. The van der Waals surface area contributed by atoms with E-state index in [9.17, 15) is 4.79 Å². The first-order valence-electron chi connectivity index (χ1n) is 13.7. The Balaban J connectivity index is 1.53. The topological polar surface area (TPSA) is 48.3 Å². The summed E-state index contributed by atoms with van der Waals surface area (Å²) in [6.07, 6.45) is 9.84. The van der Waals surface area contributed by atoms with Crippen LogP contribution in [0.5, 0.6) is 0 Å². The maximum absolute atomic E-state index is 13.6. The number of allylic oxidation sites excluding steroid dienone is 4. The Morgan fingerprint density at radius 3 is 2.45 bits per heavy atom. The molecule has 1 aromatic rings. The zero-order chi connectivity index (χ0) is 26.8. The second-order valence-electron chi connectivity index (χ2n) is 9.89. The molecule has 5 rings (SSSR count). The van der Waals surface area contributed by atoms with Crippen LogP contribution >= 0.6 is 12.6 Å². The van der Waals surface area contributed by atoms with E-state index in [2.05, 4.69) is 69.5 Å². The van der Waals surface area contributed by atoms with Crippen molar-refractivity contribution in [2.75, 3.05) is 63.4 Å². The van der Waals surface area contributed by atoms with Gasteiger partial charge in [0.2, 0.25) is 0 Å². The Labute approximate surface area is 231 Å². The van der Waals surface area contributed by atoms with Gasteiger partial charge in [0.1, 0.15) is 18.1 Å². The Morgan fingerprint density at radius 2 is 1.79 bits per heavy atom. The average molecular weight is 536 g/mol. The van der Waals surface area contributed by atoms with Crippen molar-refractivity contribution < 1.29 is 18.8 Å². The molecule has 0 aromatic heterocycles. The number of Topliss-reactive ketones (excluding diaryl/α,β-unsaturated/α-hetero) is 1. The molecule has 1 unspecified atom stereocenters. The van der Waals surface area contributed by atoms with Crippen LogP contribution in [0.25, 0.3) is 0 Å². The summed E-state index contributed by atoms with van der Waals surface area (Å²) in [6, 6.07) is 8.72. The van der Waals surface area contributed by atoms with E-state index in [0.29, 0.717) is 36.9 Å². The van der Waals surface area contributed by atoms with E-state index < -0.39 is 0 Å². The van der Waals surface area contributed by atoms with Crippen LogP contribution in [-0.4, -0.2) is 80.7 Å². The van der Waals surface area contributed by atoms with Gasteiger partial charge in [0.05, 0.1) is 31.1 Å². The smallest absolute Gasteiger partial charge is 0.278 e. The number of carbonyl (C=O) groups is 1. The monoisotopic (exact) mass is 535 g/mol. The van der Waals surface area contributed by atoms with Crippen LogP contribution in [0.2, 0.25) is 0 Å². The highest BCUT2D eigenvalue weighted by atomic mass is 32.1. The summed E-state index contributed by atoms with van der Waals surface area (Å²) in [4.78, 5) is 21.3. The van der Waals surface area contributed by atoms with Crippen LogP contribution in [0.15, 0.2) is 70.1 Å². The number of ketones is 1. The number of amidine groups is 1. The van der Waals surface area contributed by atoms with Gasteiger partial charge in [0, 0.05) is 49.4 Å². The molecular formula is C30H39N4O3S+. The molecule has 0 spiro atoms. The zero-order valence-corrected chi connectivity index (χ0v) is 23.8. The first kappa shape index (κ1) is 26.8. The predicted molar refractivity (Wildman–Crippen MR) is 156 cm³/mol. The first-order chi connectivity index (χ1) is 18.5. The number of anilines is 2. The molecule has 202 valence electrons. The summed E-state index contributed by atoms with van der Waals surface area (Å²) < 4.78 is 13.2. The molecule has 4 aliphatic rings. The first-order valence-corrected chi connectivity index (χ1v) is 14.1. The third-order valence-electron chi connectivity index (χ3n) is 7.89. The number of para-hydroxylation sites is 2. The second-order valence-corrected chi connectivity index (χ2v) is 10.3. The lowest BCUT2D eigenvalue weighted by atomic mass is 9.89. The Morgan fingerprint density at radius 1 is 1.05 bits per heavy atom. The van der Waals surface area contributed by atoms with Gasteiger partial charge in [0.15, 0.2) is 11.8 Å². The van der Waals surface area contributed by atoms with Gasteiger partial charge in [-0.05, 0) is 57.4 Å². The molecule has 0 saturated heterocycles. The molecule has 2 aliphatic heterocycles. The van der Waals surface area contributed by atoms with Crippen LogP contribution in [-0.2, 0) is 14.3 Å². The number of methoxy groups -OCH3 is 2. The van der Waals surface area contributed by atoms with Crippen LogP contribution in [0.3, 0.4) is 0 Å². The van der Waals surface area contributed by atoms with Crippen LogP contribution in [0.1, 0.15) is 33.1 Å². The lowest BCUT2D eigenvalue weighted by molar-refractivity contribution is -0.477. The van der Waals surface area contributed by atoms with Gasteiger partial charge in [-0.2, -0.15) is 0 Å². The van der Waals surface area contributed by atoms with E-state index in [-0.39, 0.29) is 5.78 Å². The van der Waals surface area contributed by atoms with Crippen LogP contribution < -0.4 is 9.80 Å². The summed E-state index contributed by atoms with van der Waals surface area (Å²) in [6.45, 7) is 8.70. The highest BCUT2D eigenvalue weighted by Gasteiger charge is 2.44. The minimum atomic E-state index is 0.0419. The fourth-order valence-electron chi connectivity index (χ4n) is 6.05. The maximum Gasteiger partial charge on any atom is 0.278 e. The fraction of sp³-hybridized carbons (Fsp3) is 0.467. The molecule has 1 atom stereocenters. The van der Waals surface area contributed by atoms with Gasteiger partial charge in [-0.1, -0.05) is 12.1 Å². The van der Waals surface area contributed by atoms with Crippen molar-refractivity contribution in [3.63, 3.8) is 0 Å². The molecule has 0 fully saturated rings. The minimum absolute atomic E-state index is 0.0419. The number of ether oxygens (including phenoxy) is 2. The number of rotatable bonds is 10. The fourth-order valence-corrected chi connectivity index (χ4v) is 6.39. The van der Waals surface area contributed by atoms with Gasteiger partial charge in [-0.15, -0.1) is 12.6 Å². The average Bonchev–Trinajstić information content (AvgIpc) is 3.42. The normalized spacial score (nSPS) is 23.1. The predicted octanol–water partition coefficient (Wildman–Crippen LogP) is 4.34. The number of fused-ring (bicyclic) bond motifs is 2. The largest absolute Gasteiger partial charge is 0.383 e. The van der Waals surface area contributed by atoms with Crippen LogP contribution in [0.4, 0.5) is 11.4 Å². The number of hydrogen-bond donors (Lipinski definition) is 1. The van der Waals surface area contributed by atoms with Crippen molar-refractivity contribution in [1.82, 2.24) is 4.90 Å². The van der Waals surface area contributed by atoms with Crippen molar-refractivity contribution in [1.29, 1.82) is 0 Å². The summed E-state index contributed by atoms with van der Waals surface area (Å²) in [5, 5.41) is 0. The third-order valence-corrected chi connectivity index (χ3v) is 8.37. The molecule has 0 N–H and O–H groups in total. The van der Waals surface area contributed by atoms with Gasteiger partial charge < -0.3 is 19.3 Å². The van der Waals surface area contributed by atoms with Gasteiger partial charge >= 0.3 is 0 Å².